The molecule has 0 aliphatic heterocycles. The second kappa shape index (κ2) is 8.47. The Kier molecular flexibility index (Phi) is 5.84. The van der Waals surface area contributed by atoms with Crippen molar-refractivity contribution in [3.8, 4) is 28.6 Å². The molecule has 146 valence electrons. The third kappa shape index (κ3) is 4.09. The van der Waals surface area contributed by atoms with E-state index in [-0.39, 0.29) is 12.5 Å². The number of aryl methyl sites for hydroxylation is 1. The van der Waals surface area contributed by atoms with E-state index in [0.717, 1.165) is 5.56 Å². The zero-order valence-electron chi connectivity index (χ0n) is 16.2. The number of benzene rings is 2. The van der Waals surface area contributed by atoms with E-state index in [4.69, 9.17) is 18.7 Å². The minimum Gasteiger partial charge on any atom is -0.493 e. The van der Waals surface area contributed by atoms with E-state index in [2.05, 4.69) is 10.5 Å². The SMILES string of the molecule is COc1cc(C(=O)NCc2cc(-c3ccc(C)cc3)on2)cc(OC)c1OC. The van der Waals surface area contributed by atoms with E-state index in [0.29, 0.717) is 34.3 Å². The van der Waals surface area contributed by atoms with Crippen molar-refractivity contribution in [1.82, 2.24) is 10.5 Å². The molecular weight excluding hydrogens is 360 g/mol. The van der Waals surface area contributed by atoms with Crippen LogP contribution in [0.4, 0.5) is 0 Å². The Morgan fingerprint density at radius 2 is 1.64 bits per heavy atom. The average Bonchev–Trinajstić information content (AvgIpc) is 3.20. The van der Waals surface area contributed by atoms with E-state index in [1.54, 1.807) is 18.2 Å². The van der Waals surface area contributed by atoms with Crippen molar-refractivity contribution < 1.29 is 23.5 Å². The number of nitrogens with one attached hydrogen (secondary N) is 1. The van der Waals surface area contributed by atoms with Crippen LogP contribution in [0, 0.1) is 6.92 Å². The second-order valence-electron chi connectivity index (χ2n) is 6.15. The van der Waals surface area contributed by atoms with Gasteiger partial charge < -0.3 is 24.1 Å². The second-order valence-corrected chi connectivity index (χ2v) is 6.15. The van der Waals surface area contributed by atoms with Gasteiger partial charge in [-0.2, -0.15) is 0 Å². The molecule has 3 rings (SSSR count). The largest absolute Gasteiger partial charge is 0.493 e. The molecule has 1 aromatic heterocycles. The van der Waals surface area contributed by atoms with Crippen molar-refractivity contribution in [2.75, 3.05) is 21.3 Å². The number of nitrogens with zero attached hydrogens (tertiary/aromatic N) is 1. The van der Waals surface area contributed by atoms with Gasteiger partial charge in [0.1, 0.15) is 5.69 Å². The number of amides is 1. The summed E-state index contributed by atoms with van der Waals surface area (Å²) in [6, 6.07) is 12.9. The van der Waals surface area contributed by atoms with Crippen LogP contribution in [0.1, 0.15) is 21.6 Å². The zero-order valence-corrected chi connectivity index (χ0v) is 16.2. The number of carbonyl (C=O) groups excluding carboxylic acids is 1. The van der Waals surface area contributed by atoms with Crippen LogP contribution < -0.4 is 19.5 Å². The van der Waals surface area contributed by atoms with Gasteiger partial charge in [0.05, 0.1) is 27.9 Å². The predicted molar refractivity (Wildman–Crippen MR) is 104 cm³/mol. The lowest BCUT2D eigenvalue weighted by molar-refractivity contribution is 0.0949. The summed E-state index contributed by atoms with van der Waals surface area (Å²) in [5.74, 6) is 1.61. The molecule has 7 nitrogen and oxygen atoms in total. The highest BCUT2D eigenvalue weighted by atomic mass is 16.5. The predicted octanol–water partition coefficient (Wildman–Crippen LogP) is 3.61. The van der Waals surface area contributed by atoms with Gasteiger partial charge in [-0.05, 0) is 19.1 Å². The van der Waals surface area contributed by atoms with Gasteiger partial charge in [0.25, 0.3) is 5.91 Å². The number of rotatable bonds is 7. The van der Waals surface area contributed by atoms with Crippen LogP contribution in [-0.2, 0) is 6.54 Å². The first-order valence-corrected chi connectivity index (χ1v) is 8.66. The number of aromatic nitrogens is 1. The smallest absolute Gasteiger partial charge is 0.251 e. The number of carbonyl (C=O) groups is 1. The molecule has 0 aliphatic carbocycles. The lowest BCUT2D eigenvalue weighted by atomic mass is 10.1. The Hall–Kier alpha value is -3.48. The van der Waals surface area contributed by atoms with Crippen LogP contribution >= 0.6 is 0 Å². The molecular formula is C21H22N2O5. The standard InChI is InChI=1S/C21H22N2O5/c1-13-5-7-14(8-6-13)17-11-16(23-28-17)12-22-21(24)15-9-18(25-2)20(27-4)19(10-15)26-3/h5-11H,12H2,1-4H3,(H,22,24). The van der Waals surface area contributed by atoms with Gasteiger partial charge in [-0.1, -0.05) is 35.0 Å². The summed E-state index contributed by atoms with van der Waals surface area (Å²) < 4.78 is 21.2. The Morgan fingerprint density at radius 1 is 1.00 bits per heavy atom. The molecule has 7 heteroatoms. The Labute approximate surface area is 163 Å². The highest BCUT2D eigenvalue weighted by molar-refractivity contribution is 5.95. The van der Waals surface area contributed by atoms with Crippen LogP contribution in [0.25, 0.3) is 11.3 Å². The zero-order chi connectivity index (χ0) is 20.1. The maximum absolute atomic E-state index is 12.5. The molecule has 3 aromatic rings. The van der Waals surface area contributed by atoms with Crippen molar-refractivity contribution in [3.63, 3.8) is 0 Å². The number of hydrogen-bond acceptors (Lipinski definition) is 6. The van der Waals surface area contributed by atoms with Crippen LogP contribution in [0.2, 0.25) is 0 Å². The Morgan fingerprint density at radius 3 is 2.21 bits per heavy atom. The van der Waals surface area contributed by atoms with Crippen molar-refractivity contribution in [2.45, 2.75) is 13.5 Å². The first-order chi connectivity index (χ1) is 13.5. The molecule has 28 heavy (non-hydrogen) atoms. The van der Waals surface area contributed by atoms with Gasteiger partial charge in [-0.25, -0.2) is 0 Å². The molecule has 2 aromatic carbocycles. The van der Waals surface area contributed by atoms with Gasteiger partial charge in [0, 0.05) is 17.2 Å². The summed E-state index contributed by atoms with van der Waals surface area (Å²) in [5.41, 5.74) is 3.11. The van der Waals surface area contributed by atoms with E-state index < -0.39 is 0 Å². The molecule has 0 atom stereocenters. The fourth-order valence-electron chi connectivity index (χ4n) is 2.73. The monoisotopic (exact) mass is 382 g/mol. The highest BCUT2D eigenvalue weighted by Crippen LogP contribution is 2.38. The molecule has 1 N–H and O–H groups in total. The lowest BCUT2D eigenvalue weighted by Crippen LogP contribution is -2.23. The fourth-order valence-corrected chi connectivity index (χ4v) is 2.73. The van der Waals surface area contributed by atoms with Gasteiger partial charge in [-0.15, -0.1) is 0 Å². The molecule has 0 saturated heterocycles. The van der Waals surface area contributed by atoms with Crippen LogP contribution in [0.5, 0.6) is 17.2 Å². The van der Waals surface area contributed by atoms with E-state index in [1.165, 1.54) is 26.9 Å². The Bertz CT molecular complexity index is 938. The van der Waals surface area contributed by atoms with Crippen LogP contribution in [0.15, 0.2) is 47.0 Å². The number of ether oxygens (including phenoxy) is 3. The Balaban J connectivity index is 1.71. The molecule has 0 spiro atoms. The van der Waals surface area contributed by atoms with Gasteiger partial charge in [-0.3, -0.25) is 4.79 Å². The van der Waals surface area contributed by atoms with Crippen molar-refractivity contribution >= 4 is 5.91 Å². The molecule has 1 amide bonds. The summed E-state index contributed by atoms with van der Waals surface area (Å²) in [6.07, 6.45) is 0. The average molecular weight is 382 g/mol. The summed E-state index contributed by atoms with van der Waals surface area (Å²) in [6.45, 7) is 2.25. The molecule has 0 aliphatic rings. The summed E-state index contributed by atoms with van der Waals surface area (Å²) in [4.78, 5) is 12.5. The minimum atomic E-state index is -0.292. The van der Waals surface area contributed by atoms with Crippen LogP contribution in [0.3, 0.4) is 0 Å². The maximum Gasteiger partial charge on any atom is 0.251 e. The lowest BCUT2D eigenvalue weighted by Gasteiger charge is -2.13. The number of methoxy groups -OCH3 is 3. The maximum atomic E-state index is 12.5. The van der Waals surface area contributed by atoms with Crippen molar-refractivity contribution in [2.24, 2.45) is 0 Å². The van der Waals surface area contributed by atoms with Gasteiger partial charge >= 0.3 is 0 Å². The normalized spacial score (nSPS) is 10.4. The summed E-state index contributed by atoms with van der Waals surface area (Å²) in [5, 5.41) is 6.83. The van der Waals surface area contributed by atoms with E-state index in [1.807, 2.05) is 31.2 Å². The molecule has 1 heterocycles. The van der Waals surface area contributed by atoms with Gasteiger partial charge in [0.2, 0.25) is 5.75 Å². The van der Waals surface area contributed by atoms with Crippen LogP contribution in [-0.4, -0.2) is 32.4 Å². The quantitative estimate of drug-likeness (QED) is 0.672. The highest BCUT2D eigenvalue weighted by Gasteiger charge is 2.17. The summed E-state index contributed by atoms with van der Waals surface area (Å²) >= 11 is 0. The molecule has 0 fully saturated rings. The fraction of sp³-hybridized carbons (Fsp3) is 0.238. The summed E-state index contributed by atoms with van der Waals surface area (Å²) in [7, 11) is 4.51. The molecule has 0 radical (unpaired) electrons. The first kappa shape index (κ1) is 19.3. The molecule has 0 saturated carbocycles. The van der Waals surface area contributed by atoms with Crippen molar-refractivity contribution in [1.29, 1.82) is 0 Å². The third-order valence-corrected chi connectivity index (χ3v) is 4.25. The van der Waals surface area contributed by atoms with Crippen molar-refractivity contribution in [3.05, 3.63) is 59.3 Å². The molecule has 0 bridgehead atoms. The minimum absolute atomic E-state index is 0.227. The number of hydrogen-bond donors (Lipinski definition) is 1. The topological polar surface area (TPSA) is 82.8 Å². The first-order valence-electron chi connectivity index (χ1n) is 8.66. The van der Waals surface area contributed by atoms with E-state index in [9.17, 15) is 4.79 Å². The van der Waals surface area contributed by atoms with Gasteiger partial charge in [0.15, 0.2) is 17.3 Å². The van der Waals surface area contributed by atoms with E-state index >= 15 is 0 Å². The third-order valence-electron chi connectivity index (χ3n) is 4.25. The molecule has 0 unspecified atom stereocenters.